The summed E-state index contributed by atoms with van der Waals surface area (Å²) in [5, 5.41) is 5.10. The molecule has 0 saturated carbocycles. The van der Waals surface area contributed by atoms with Crippen molar-refractivity contribution in [3.05, 3.63) is 130 Å². The van der Waals surface area contributed by atoms with E-state index in [1.807, 2.05) is 0 Å². The van der Waals surface area contributed by atoms with E-state index in [0.717, 1.165) is 44.4 Å². The van der Waals surface area contributed by atoms with E-state index in [0.29, 0.717) is 8.58 Å². The molecule has 228 valence electrons. The van der Waals surface area contributed by atoms with E-state index in [4.69, 9.17) is 9.47 Å². The Hall–Kier alpha value is -2.97. The van der Waals surface area contributed by atoms with Gasteiger partial charge in [-0.15, -0.1) is 0 Å². The monoisotopic (exact) mass is 595 g/mol. The molecule has 43 heavy (non-hydrogen) atoms. The van der Waals surface area contributed by atoms with E-state index < -0.39 is 0 Å². The Balaban J connectivity index is 1.89. The molecule has 0 amide bonds. The van der Waals surface area contributed by atoms with Crippen molar-refractivity contribution < 1.29 is 9.47 Å². The molecule has 4 aromatic carbocycles. The third kappa shape index (κ3) is 9.26. The molecule has 2 atom stereocenters. The minimum absolute atomic E-state index is 0.0563. The molecule has 0 spiro atoms. The second kappa shape index (κ2) is 15.7. The smallest absolute Gasteiger partial charge is 0.188 e. The average molecular weight is 596 g/mol. The molecular formula is C39H50NO2P. The fraction of sp³-hybridized carbons (Fsp3) is 0.385. The van der Waals surface area contributed by atoms with Gasteiger partial charge in [-0.2, -0.15) is 0 Å². The molecule has 0 bridgehead atoms. The van der Waals surface area contributed by atoms with Crippen LogP contribution in [0, 0.1) is 0 Å². The van der Waals surface area contributed by atoms with Crippen LogP contribution < -0.4 is 15.4 Å². The number of rotatable bonds is 15. The summed E-state index contributed by atoms with van der Waals surface area (Å²) in [6.45, 7) is 12.5. The van der Waals surface area contributed by atoms with Gasteiger partial charge >= 0.3 is 0 Å². The summed E-state index contributed by atoms with van der Waals surface area (Å²) in [7, 11) is 2.32. The van der Waals surface area contributed by atoms with Crippen LogP contribution in [0.3, 0.4) is 0 Å². The van der Waals surface area contributed by atoms with Crippen LogP contribution in [0.5, 0.6) is 5.75 Å². The van der Waals surface area contributed by atoms with Gasteiger partial charge in [0, 0.05) is 36.3 Å². The van der Waals surface area contributed by atoms with E-state index in [1.165, 1.54) is 38.7 Å². The third-order valence-corrected chi connectivity index (χ3v) is 10.1. The lowest BCUT2D eigenvalue weighted by atomic mass is 9.85. The predicted molar refractivity (Wildman–Crippen MR) is 185 cm³/mol. The summed E-state index contributed by atoms with van der Waals surface area (Å²) in [5.41, 5.74) is 7.93. The van der Waals surface area contributed by atoms with Crippen molar-refractivity contribution in [3.8, 4) is 5.75 Å². The second-order valence-electron chi connectivity index (χ2n) is 12.6. The van der Waals surface area contributed by atoms with Crippen molar-refractivity contribution in [1.29, 1.82) is 0 Å². The van der Waals surface area contributed by atoms with Gasteiger partial charge in [0.25, 0.3) is 0 Å². The molecule has 4 heteroatoms. The topological polar surface area (TPSA) is 30.5 Å². The lowest BCUT2D eigenvalue weighted by Crippen LogP contribution is -2.36. The third-order valence-electron chi connectivity index (χ3n) is 8.03. The average Bonchev–Trinajstić information content (AvgIpc) is 3.00. The highest BCUT2D eigenvalue weighted by Crippen LogP contribution is 2.52. The first-order valence-corrected chi connectivity index (χ1v) is 16.7. The maximum absolute atomic E-state index is 6.58. The van der Waals surface area contributed by atoms with Gasteiger partial charge in [0.1, 0.15) is 5.75 Å². The Labute approximate surface area is 262 Å². The van der Waals surface area contributed by atoms with E-state index in [9.17, 15) is 0 Å². The summed E-state index contributed by atoms with van der Waals surface area (Å²) in [5.74, 6) is 0.996. The van der Waals surface area contributed by atoms with Crippen LogP contribution in [-0.4, -0.2) is 19.4 Å². The summed E-state index contributed by atoms with van der Waals surface area (Å²) in [6, 6.07) is 35.4. The summed E-state index contributed by atoms with van der Waals surface area (Å²) in [4.78, 5) is 0. The maximum atomic E-state index is 6.58. The van der Waals surface area contributed by atoms with Crippen molar-refractivity contribution >= 4 is 13.9 Å². The Morgan fingerprint density at radius 3 is 1.95 bits per heavy atom. The van der Waals surface area contributed by atoms with Gasteiger partial charge < -0.3 is 14.8 Å². The Kier molecular flexibility index (Phi) is 12.0. The standard InChI is InChI=1S/C39H50NO2P/c1-7-23-39(8-2,43-36-22-16-15-21-33(36)28-40-38(3,4)5)35-27-32(24-30-17-11-9-12-18-30)26-34(37(35)42-29-41-6)25-31-19-13-10-14-20-31/h9-22,26-27,40,43H,7-8,23-25,28-29H2,1-6H3. The first-order valence-electron chi connectivity index (χ1n) is 15.7. The fourth-order valence-electron chi connectivity index (χ4n) is 5.84. The molecular weight excluding hydrogens is 545 g/mol. The predicted octanol–water partition coefficient (Wildman–Crippen LogP) is 9.15. The van der Waals surface area contributed by atoms with Gasteiger partial charge in [-0.05, 0) is 73.2 Å². The Morgan fingerprint density at radius 2 is 1.35 bits per heavy atom. The minimum atomic E-state index is -0.0617. The van der Waals surface area contributed by atoms with Crippen LogP contribution in [0.1, 0.15) is 87.3 Å². The number of hydrogen-bond acceptors (Lipinski definition) is 3. The maximum Gasteiger partial charge on any atom is 0.188 e. The molecule has 1 N–H and O–H groups in total. The lowest BCUT2D eigenvalue weighted by molar-refractivity contribution is 0.0492. The van der Waals surface area contributed by atoms with Gasteiger partial charge in [-0.25, -0.2) is 0 Å². The van der Waals surface area contributed by atoms with Gasteiger partial charge in [0.05, 0.1) is 0 Å². The van der Waals surface area contributed by atoms with Crippen LogP contribution in [-0.2, 0) is 29.3 Å². The highest BCUT2D eigenvalue weighted by Gasteiger charge is 2.35. The summed E-state index contributed by atoms with van der Waals surface area (Å²) in [6.07, 6.45) is 4.93. The van der Waals surface area contributed by atoms with E-state index in [1.54, 1.807) is 7.11 Å². The zero-order valence-corrected chi connectivity index (χ0v) is 28.0. The molecule has 0 fully saturated rings. The SMILES string of the molecule is CCCC(CC)(Pc1ccccc1CNC(C)(C)C)c1cc(Cc2ccccc2)cc(Cc2ccccc2)c1OCOC. The van der Waals surface area contributed by atoms with Crippen LogP contribution in [0.15, 0.2) is 97.1 Å². The second-order valence-corrected chi connectivity index (χ2v) is 14.3. The highest BCUT2D eigenvalue weighted by molar-refractivity contribution is 7.48. The highest BCUT2D eigenvalue weighted by atomic mass is 31.1. The first kappa shape index (κ1) is 32.9. The molecule has 0 aliphatic carbocycles. The number of nitrogens with one attached hydrogen (secondary N) is 1. The fourth-order valence-corrected chi connectivity index (χ4v) is 7.74. The van der Waals surface area contributed by atoms with Crippen LogP contribution in [0.4, 0.5) is 0 Å². The van der Waals surface area contributed by atoms with Crippen LogP contribution >= 0.6 is 8.58 Å². The molecule has 3 nitrogen and oxygen atoms in total. The van der Waals surface area contributed by atoms with Crippen molar-refractivity contribution in [2.24, 2.45) is 0 Å². The molecule has 0 aliphatic rings. The molecule has 0 radical (unpaired) electrons. The van der Waals surface area contributed by atoms with Gasteiger partial charge in [0.15, 0.2) is 6.79 Å². The van der Waals surface area contributed by atoms with Crippen molar-refractivity contribution in [3.63, 3.8) is 0 Å². The largest absolute Gasteiger partial charge is 0.467 e. The zero-order chi connectivity index (χ0) is 30.7. The summed E-state index contributed by atoms with van der Waals surface area (Å²) < 4.78 is 12.1. The van der Waals surface area contributed by atoms with Crippen LogP contribution in [0.2, 0.25) is 0 Å². The van der Waals surface area contributed by atoms with Crippen molar-refractivity contribution in [2.45, 2.75) is 84.0 Å². The van der Waals surface area contributed by atoms with Gasteiger partial charge in [0.2, 0.25) is 0 Å². The van der Waals surface area contributed by atoms with E-state index in [-0.39, 0.29) is 17.5 Å². The number of ether oxygens (including phenoxy) is 2. The van der Waals surface area contributed by atoms with E-state index in [2.05, 4.69) is 137 Å². The number of hydrogen-bond donors (Lipinski definition) is 1. The van der Waals surface area contributed by atoms with E-state index >= 15 is 0 Å². The first-order chi connectivity index (χ1) is 20.8. The normalized spacial score (nSPS) is 13.3. The lowest BCUT2D eigenvalue weighted by Gasteiger charge is -2.37. The van der Waals surface area contributed by atoms with Crippen molar-refractivity contribution in [2.75, 3.05) is 13.9 Å². The van der Waals surface area contributed by atoms with Crippen LogP contribution in [0.25, 0.3) is 0 Å². The number of benzene rings is 4. The Morgan fingerprint density at radius 1 is 0.721 bits per heavy atom. The quantitative estimate of drug-likeness (QED) is 0.110. The molecule has 4 aromatic rings. The Bertz CT molecular complexity index is 1410. The number of methoxy groups -OCH3 is 1. The molecule has 0 saturated heterocycles. The molecule has 0 heterocycles. The minimum Gasteiger partial charge on any atom is -0.467 e. The molecule has 4 rings (SSSR count). The summed E-state index contributed by atoms with van der Waals surface area (Å²) >= 11 is 0. The molecule has 0 aliphatic heterocycles. The molecule has 0 aromatic heterocycles. The van der Waals surface area contributed by atoms with Crippen molar-refractivity contribution in [1.82, 2.24) is 5.32 Å². The van der Waals surface area contributed by atoms with Gasteiger partial charge in [-0.3, -0.25) is 0 Å². The zero-order valence-electron chi connectivity index (χ0n) is 27.0. The molecule has 2 unspecified atom stereocenters. The van der Waals surface area contributed by atoms with Gasteiger partial charge in [-0.1, -0.05) is 126 Å².